The van der Waals surface area contributed by atoms with Crippen LogP contribution in [-0.4, -0.2) is 72.3 Å². The van der Waals surface area contributed by atoms with Crippen LogP contribution in [0.1, 0.15) is 22.3 Å². The number of rotatable bonds is 10. The number of halogens is 2. The van der Waals surface area contributed by atoms with Crippen LogP contribution in [0.2, 0.25) is 0 Å². The minimum atomic E-state index is -0.514. The molecule has 0 spiro atoms. The van der Waals surface area contributed by atoms with Gasteiger partial charge in [-0.05, 0) is 79.7 Å². The van der Waals surface area contributed by atoms with Gasteiger partial charge in [0.25, 0.3) is 5.91 Å². The summed E-state index contributed by atoms with van der Waals surface area (Å²) in [5.41, 5.74) is 7.27. The molecule has 2 aliphatic heterocycles. The zero-order valence-corrected chi connectivity index (χ0v) is 26.9. The molecule has 2 saturated heterocycles. The quantitative estimate of drug-likeness (QED) is 0.165. The maximum Gasteiger partial charge on any atom is 0.270 e. The van der Waals surface area contributed by atoms with Gasteiger partial charge in [0.05, 0.1) is 17.2 Å². The van der Waals surface area contributed by atoms with Gasteiger partial charge in [0, 0.05) is 38.3 Å². The van der Waals surface area contributed by atoms with Crippen LogP contribution in [0.15, 0.2) is 77.7 Å². The van der Waals surface area contributed by atoms with E-state index in [1.807, 2.05) is 42.5 Å². The molecule has 0 aromatic heterocycles. The molecule has 3 aromatic rings. The van der Waals surface area contributed by atoms with E-state index in [2.05, 4.69) is 16.8 Å². The van der Waals surface area contributed by atoms with Gasteiger partial charge in [0.2, 0.25) is 5.91 Å². The number of piperazine rings is 1. The van der Waals surface area contributed by atoms with E-state index in [1.54, 1.807) is 41.3 Å². The van der Waals surface area contributed by atoms with Crippen molar-refractivity contribution in [3.05, 3.63) is 88.8 Å². The Labute approximate surface area is 274 Å². The fourth-order valence-electron chi connectivity index (χ4n) is 4.56. The van der Waals surface area contributed by atoms with Crippen molar-refractivity contribution in [3.8, 4) is 17.2 Å². The Morgan fingerprint density at radius 1 is 0.953 bits per heavy atom. The van der Waals surface area contributed by atoms with E-state index in [4.69, 9.17) is 27.4 Å². The number of carbonyl (C=O) groups excluding carboxylic acids is 2. The second kappa shape index (κ2) is 16.1. The predicted molar refractivity (Wildman–Crippen MR) is 182 cm³/mol. The van der Waals surface area contributed by atoms with Gasteiger partial charge < -0.3 is 25.0 Å². The monoisotopic (exact) mass is 660 g/mol. The first-order valence-corrected chi connectivity index (χ1v) is 14.7. The van der Waals surface area contributed by atoms with Gasteiger partial charge in [-0.1, -0.05) is 42.2 Å². The zero-order valence-electron chi connectivity index (χ0n) is 23.6. The summed E-state index contributed by atoms with van der Waals surface area (Å²) in [5, 5.41) is 0. The number of hydrogen-bond acceptors (Lipinski definition) is 8. The highest BCUT2D eigenvalue weighted by Crippen LogP contribution is 2.37. The SMILES string of the molecule is CN1CCN(CCCOc2ccc(N3C(=O)/C(=C/c4ccc(Oc5cccc(C(N)=O)c5)cc4)SC3=S)cc2)CC1.Cl.Cl. The molecule has 0 saturated carbocycles. The molecule has 2 heterocycles. The summed E-state index contributed by atoms with van der Waals surface area (Å²) in [4.78, 5) is 31.6. The molecule has 0 atom stereocenters. The summed E-state index contributed by atoms with van der Waals surface area (Å²) < 4.78 is 12.3. The lowest BCUT2D eigenvalue weighted by Crippen LogP contribution is -2.44. The highest BCUT2D eigenvalue weighted by Gasteiger charge is 2.33. The number of hydrogen-bond donors (Lipinski definition) is 1. The van der Waals surface area contributed by atoms with Crippen LogP contribution in [0.4, 0.5) is 5.69 Å². The van der Waals surface area contributed by atoms with Crippen LogP contribution in [0.3, 0.4) is 0 Å². The van der Waals surface area contributed by atoms with Crippen LogP contribution in [0.5, 0.6) is 17.2 Å². The first-order valence-electron chi connectivity index (χ1n) is 13.5. The third kappa shape index (κ3) is 9.18. The minimum absolute atomic E-state index is 0. The Bertz CT molecular complexity index is 1450. The Kier molecular flexibility index (Phi) is 12.9. The molecule has 3 aromatic carbocycles. The number of likely N-dealkylation sites (N-methyl/N-ethyl adjacent to an activating group) is 1. The first kappa shape index (κ1) is 34.4. The van der Waals surface area contributed by atoms with Gasteiger partial charge >= 0.3 is 0 Å². The molecule has 12 heteroatoms. The van der Waals surface area contributed by atoms with E-state index in [0.717, 1.165) is 50.5 Å². The molecule has 0 aliphatic carbocycles. The summed E-state index contributed by atoms with van der Waals surface area (Å²) in [6.45, 7) is 6.14. The lowest BCUT2D eigenvalue weighted by Gasteiger charge is -2.32. The van der Waals surface area contributed by atoms with Crippen molar-refractivity contribution in [3.63, 3.8) is 0 Å². The Morgan fingerprint density at radius 2 is 1.63 bits per heavy atom. The number of thioether (sulfide) groups is 1. The van der Waals surface area contributed by atoms with Crippen LogP contribution in [0, 0.1) is 0 Å². The lowest BCUT2D eigenvalue weighted by molar-refractivity contribution is -0.113. The smallest absolute Gasteiger partial charge is 0.270 e. The van der Waals surface area contributed by atoms with Gasteiger partial charge in [-0.15, -0.1) is 24.8 Å². The van der Waals surface area contributed by atoms with E-state index in [1.165, 1.54) is 11.8 Å². The molecule has 2 amide bonds. The molecule has 0 bridgehead atoms. The molecule has 0 radical (unpaired) electrons. The molecule has 2 aliphatic rings. The van der Waals surface area contributed by atoms with Crippen molar-refractivity contribution in [2.45, 2.75) is 6.42 Å². The number of primary amides is 1. The lowest BCUT2D eigenvalue weighted by atomic mass is 10.2. The molecule has 2 fully saturated rings. The van der Waals surface area contributed by atoms with Gasteiger partial charge in [-0.2, -0.15) is 0 Å². The number of ether oxygens (including phenoxy) is 2. The van der Waals surface area contributed by atoms with Crippen molar-refractivity contribution >= 4 is 76.7 Å². The Balaban J connectivity index is 0.00000253. The third-order valence-electron chi connectivity index (χ3n) is 6.90. The fraction of sp³-hybridized carbons (Fsp3) is 0.258. The van der Waals surface area contributed by atoms with Crippen molar-refractivity contribution < 1.29 is 19.1 Å². The number of benzene rings is 3. The van der Waals surface area contributed by atoms with Crippen LogP contribution < -0.4 is 20.1 Å². The molecule has 2 N–H and O–H groups in total. The summed E-state index contributed by atoms with van der Waals surface area (Å²) in [6.07, 6.45) is 2.79. The third-order valence-corrected chi connectivity index (χ3v) is 8.21. The fourth-order valence-corrected chi connectivity index (χ4v) is 5.86. The summed E-state index contributed by atoms with van der Waals surface area (Å²) in [7, 11) is 2.16. The van der Waals surface area contributed by atoms with Crippen LogP contribution in [-0.2, 0) is 4.79 Å². The number of nitrogens with two attached hydrogens (primary N) is 1. The van der Waals surface area contributed by atoms with Crippen molar-refractivity contribution in [2.75, 3.05) is 51.3 Å². The summed E-state index contributed by atoms with van der Waals surface area (Å²) >= 11 is 6.81. The normalized spacial score (nSPS) is 16.5. The largest absolute Gasteiger partial charge is 0.494 e. The zero-order chi connectivity index (χ0) is 28.8. The molecule has 5 rings (SSSR count). The van der Waals surface area contributed by atoms with Crippen LogP contribution in [0.25, 0.3) is 6.08 Å². The highest BCUT2D eigenvalue weighted by atomic mass is 35.5. The maximum atomic E-state index is 13.2. The average molecular weight is 662 g/mol. The highest BCUT2D eigenvalue weighted by molar-refractivity contribution is 8.27. The average Bonchev–Trinajstić information content (AvgIpc) is 3.25. The van der Waals surface area contributed by atoms with Crippen molar-refractivity contribution in [1.82, 2.24) is 9.80 Å². The second-order valence-electron chi connectivity index (χ2n) is 9.92. The van der Waals surface area contributed by atoms with Gasteiger partial charge in [-0.3, -0.25) is 14.5 Å². The summed E-state index contributed by atoms with van der Waals surface area (Å²) in [5.74, 6) is 1.20. The van der Waals surface area contributed by atoms with Gasteiger partial charge in [0.15, 0.2) is 4.32 Å². The number of carbonyl (C=O) groups is 2. The number of anilines is 1. The first-order chi connectivity index (χ1) is 19.9. The number of amides is 2. The molecule has 8 nitrogen and oxygen atoms in total. The van der Waals surface area contributed by atoms with E-state index < -0.39 is 5.91 Å². The molecule has 228 valence electrons. The van der Waals surface area contributed by atoms with Crippen molar-refractivity contribution in [1.29, 1.82) is 0 Å². The summed E-state index contributed by atoms with van der Waals surface area (Å²) in [6, 6.07) is 21.5. The van der Waals surface area contributed by atoms with Gasteiger partial charge in [0.1, 0.15) is 17.2 Å². The number of thiocarbonyl (C=S) groups is 1. The van der Waals surface area contributed by atoms with E-state index in [0.29, 0.717) is 38.6 Å². The molecular weight excluding hydrogens is 627 g/mol. The topological polar surface area (TPSA) is 88.3 Å². The Morgan fingerprint density at radius 3 is 2.30 bits per heavy atom. The molecule has 43 heavy (non-hydrogen) atoms. The van der Waals surface area contributed by atoms with E-state index in [-0.39, 0.29) is 30.7 Å². The van der Waals surface area contributed by atoms with E-state index in [9.17, 15) is 9.59 Å². The molecule has 0 unspecified atom stereocenters. The van der Waals surface area contributed by atoms with Crippen LogP contribution >= 0.6 is 48.8 Å². The standard InChI is InChI=1S/C31H32N4O4S2.2ClH/c1-33-15-17-34(18-16-33)14-3-19-38-25-12-8-24(9-13-25)35-30(37)28(41-31(35)40)20-22-6-10-26(11-7-22)39-27-5-2-4-23(21-27)29(32)36;;/h2,4-13,20-21H,3,14-19H2,1H3,(H2,32,36);2*1H/b28-20-;;. The Hall–Kier alpha value is -3.12. The second-order valence-corrected chi connectivity index (χ2v) is 11.6. The molecular formula is C31H34Cl2N4O4S2. The predicted octanol–water partition coefficient (Wildman–Crippen LogP) is 5.84. The maximum absolute atomic E-state index is 13.2. The van der Waals surface area contributed by atoms with Crippen molar-refractivity contribution in [2.24, 2.45) is 5.73 Å². The number of nitrogens with zero attached hydrogens (tertiary/aromatic N) is 3. The van der Waals surface area contributed by atoms with E-state index >= 15 is 0 Å². The van der Waals surface area contributed by atoms with Gasteiger partial charge in [-0.25, -0.2) is 0 Å². The minimum Gasteiger partial charge on any atom is -0.494 e.